The highest BCUT2D eigenvalue weighted by Crippen LogP contribution is 2.47. The maximum absolute atomic E-state index is 12.9. The van der Waals surface area contributed by atoms with Crippen LogP contribution >= 0.6 is 7.82 Å². The summed E-state index contributed by atoms with van der Waals surface area (Å²) >= 11 is 0. The lowest BCUT2D eigenvalue weighted by atomic mass is 9.85. The van der Waals surface area contributed by atoms with Crippen molar-refractivity contribution >= 4 is 13.8 Å². The summed E-state index contributed by atoms with van der Waals surface area (Å²) < 4.78 is 34.4. The summed E-state index contributed by atoms with van der Waals surface area (Å²) in [5.41, 5.74) is 0. The molecule has 0 spiro atoms. The third-order valence-corrected chi connectivity index (χ3v) is 14.0. The van der Waals surface area contributed by atoms with Crippen LogP contribution in [0.25, 0.3) is 0 Å². The van der Waals surface area contributed by atoms with E-state index in [1.807, 2.05) is 0 Å². The molecule has 1 aliphatic carbocycles. The first-order chi connectivity index (χ1) is 35.0. The average Bonchev–Trinajstić information content (AvgIpc) is 3.37. The summed E-state index contributed by atoms with van der Waals surface area (Å²) in [5, 5.41) is 50.4. The SMILES string of the molecule is CC/C=C\C/C=C\C/C=C\C/C=C\CCCCCCCCCCCCC(=O)OC(COCCCCCCCCCCCC/C=C\C/C=C\CCCCCCC)COP(=O)(O)OC1C(O)C(O)C(O)C(O)C1O. The number of hydrogen-bond acceptors (Lipinski definition) is 11. The molecule has 0 radical (unpaired) electrons. The zero-order chi connectivity index (χ0) is 52.6. The van der Waals surface area contributed by atoms with Gasteiger partial charge in [0.15, 0.2) is 0 Å². The van der Waals surface area contributed by atoms with Crippen molar-refractivity contribution in [3.63, 3.8) is 0 Å². The van der Waals surface area contributed by atoms with Crippen LogP contribution < -0.4 is 0 Å². The van der Waals surface area contributed by atoms with Crippen LogP contribution in [-0.2, 0) is 27.9 Å². The van der Waals surface area contributed by atoms with Crippen molar-refractivity contribution in [3.8, 4) is 0 Å². The van der Waals surface area contributed by atoms with Crippen LogP contribution in [0.2, 0.25) is 0 Å². The number of carbonyl (C=O) groups is 1. The number of esters is 1. The maximum atomic E-state index is 12.9. The van der Waals surface area contributed by atoms with Gasteiger partial charge in [-0.15, -0.1) is 0 Å². The molecule has 0 heterocycles. The number of rotatable bonds is 49. The van der Waals surface area contributed by atoms with Crippen LogP contribution in [0.15, 0.2) is 72.9 Å². The van der Waals surface area contributed by atoms with Crippen LogP contribution in [-0.4, -0.2) is 98.9 Å². The second kappa shape index (κ2) is 48.4. The predicted octanol–water partition coefficient (Wildman–Crippen LogP) is 13.9. The monoisotopic (exact) mass is 1040 g/mol. The number of ether oxygens (including phenoxy) is 2. The molecule has 0 amide bonds. The Kier molecular flexibility index (Phi) is 45.6. The number of aliphatic hydroxyl groups excluding tert-OH is 5. The Morgan fingerprint density at radius 1 is 0.458 bits per heavy atom. The van der Waals surface area contributed by atoms with E-state index in [9.17, 15) is 39.8 Å². The first-order valence-electron chi connectivity index (χ1n) is 28.8. The minimum Gasteiger partial charge on any atom is -0.457 e. The molecule has 6 unspecified atom stereocenters. The summed E-state index contributed by atoms with van der Waals surface area (Å²) in [6, 6.07) is 0. The third kappa shape index (κ3) is 39.2. The van der Waals surface area contributed by atoms with E-state index in [1.165, 1.54) is 122 Å². The number of carbonyl (C=O) groups excluding carboxylic acids is 1. The molecular weight excluding hydrogens is 932 g/mol. The number of phosphoric acid groups is 1. The molecule has 0 aliphatic heterocycles. The summed E-state index contributed by atoms with van der Waals surface area (Å²) in [5.74, 6) is -0.483. The standard InChI is InChI=1S/C59H105O12P/c1-3-5-7-9-11-13-15-17-19-21-23-25-27-28-30-32-34-36-38-40-42-44-46-48-53(60)70-52(51-69-72(66,67)71-59-57(64)55(62)54(61)56(63)58(59)65)50-68-49-47-45-43-41-39-37-35-33-31-29-26-24-22-20-18-16-14-12-10-8-6-4-2/h5,7,11,13,16-19,22-25,52,54-59,61-65H,3-4,6,8-10,12,14-15,20-21,26-51H2,1-2H3,(H,66,67)/b7-5-,13-11-,18-16-,19-17-,24-22-,25-23-. The Morgan fingerprint density at radius 2 is 0.819 bits per heavy atom. The Hall–Kier alpha value is -2.22. The molecule has 418 valence electrons. The van der Waals surface area contributed by atoms with Crippen LogP contribution in [0.4, 0.5) is 0 Å². The lowest BCUT2D eigenvalue weighted by Gasteiger charge is -2.41. The fourth-order valence-electron chi connectivity index (χ4n) is 8.56. The molecule has 1 fully saturated rings. The van der Waals surface area contributed by atoms with Crippen LogP contribution in [0, 0.1) is 0 Å². The molecular formula is C59H105O12P. The van der Waals surface area contributed by atoms with E-state index in [0.717, 1.165) is 83.5 Å². The Balaban J connectivity index is 2.29. The fourth-order valence-corrected chi connectivity index (χ4v) is 9.53. The van der Waals surface area contributed by atoms with E-state index in [4.69, 9.17) is 18.5 Å². The van der Waals surface area contributed by atoms with Gasteiger partial charge in [0.2, 0.25) is 0 Å². The van der Waals surface area contributed by atoms with Gasteiger partial charge < -0.3 is 39.9 Å². The van der Waals surface area contributed by atoms with Crippen molar-refractivity contribution in [2.75, 3.05) is 19.8 Å². The van der Waals surface area contributed by atoms with E-state index in [0.29, 0.717) is 13.0 Å². The molecule has 1 aliphatic rings. The summed E-state index contributed by atoms with van der Waals surface area (Å²) in [6.45, 7) is 4.15. The zero-order valence-electron chi connectivity index (χ0n) is 45.2. The molecule has 6 atom stereocenters. The zero-order valence-corrected chi connectivity index (χ0v) is 46.1. The van der Waals surface area contributed by atoms with Gasteiger partial charge >= 0.3 is 13.8 Å². The molecule has 0 bridgehead atoms. The summed E-state index contributed by atoms with van der Waals surface area (Å²) in [6.07, 6.45) is 52.5. The second-order valence-corrected chi connectivity index (χ2v) is 21.2. The first kappa shape index (κ1) is 67.8. The number of unbranched alkanes of at least 4 members (excludes halogenated alkanes) is 25. The average molecular weight is 1040 g/mol. The lowest BCUT2D eigenvalue weighted by Crippen LogP contribution is -2.64. The number of aliphatic hydroxyl groups is 5. The summed E-state index contributed by atoms with van der Waals surface area (Å²) in [4.78, 5) is 23.3. The molecule has 0 aromatic rings. The van der Waals surface area contributed by atoms with E-state index in [1.54, 1.807) is 0 Å². The molecule has 72 heavy (non-hydrogen) atoms. The Labute approximate surface area is 438 Å². The van der Waals surface area contributed by atoms with Gasteiger partial charge in [-0.05, 0) is 83.5 Å². The maximum Gasteiger partial charge on any atom is 0.472 e. The van der Waals surface area contributed by atoms with Crippen molar-refractivity contribution in [2.24, 2.45) is 0 Å². The van der Waals surface area contributed by atoms with Crippen LogP contribution in [0.1, 0.15) is 232 Å². The van der Waals surface area contributed by atoms with Gasteiger partial charge in [0.25, 0.3) is 0 Å². The molecule has 1 saturated carbocycles. The quantitative estimate of drug-likeness (QED) is 0.0146. The molecule has 6 N–H and O–H groups in total. The number of phosphoric ester groups is 1. The number of allylic oxidation sites excluding steroid dienone is 12. The van der Waals surface area contributed by atoms with E-state index < -0.39 is 63.1 Å². The van der Waals surface area contributed by atoms with Crippen molar-refractivity contribution in [1.82, 2.24) is 0 Å². The number of hydrogen-bond donors (Lipinski definition) is 6. The molecule has 0 saturated heterocycles. The second-order valence-electron chi connectivity index (χ2n) is 19.8. The van der Waals surface area contributed by atoms with E-state index in [-0.39, 0.29) is 13.0 Å². The highest BCUT2D eigenvalue weighted by Gasteiger charge is 2.51. The molecule has 0 aromatic carbocycles. The minimum absolute atomic E-state index is 0.0828. The van der Waals surface area contributed by atoms with Crippen molar-refractivity contribution in [2.45, 2.75) is 275 Å². The van der Waals surface area contributed by atoms with E-state index in [2.05, 4.69) is 86.8 Å². The van der Waals surface area contributed by atoms with Gasteiger partial charge in [0, 0.05) is 13.0 Å². The van der Waals surface area contributed by atoms with Gasteiger partial charge in [-0.3, -0.25) is 13.8 Å². The summed E-state index contributed by atoms with van der Waals surface area (Å²) in [7, 11) is -5.03. The highest BCUT2D eigenvalue weighted by molar-refractivity contribution is 7.47. The van der Waals surface area contributed by atoms with Gasteiger partial charge in [0.1, 0.15) is 42.7 Å². The van der Waals surface area contributed by atoms with Crippen LogP contribution in [0.5, 0.6) is 0 Å². The fraction of sp³-hybridized carbons (Fsp3) is 0.780. The van der Waals surface area contributed by atoms with Gasteiger partial charge in [-0.2, -0.15) is 0 Å². The molecule has 13 heteroatoms. The largest absolute Gasteiger partial charge is 0.472 e. The van der Waals surface area contributed by atoms with Gasteiger partial charge in [0.05, 0.1) is 13.2 Å². The van der Waals surface area contributed by atoms with E-state index >= 15 is 0 Å². The normalized spacial score (nSPS) is 21.2. The molecule has 1 rings (SSSR count). The van der Waals surface area contributed by atoms with Gasteiger partial charge in [-0.1, -0.05) is 215 Å². The minimum atomic E-state index is -5.03. The lowest BCUT2D eigenvalue weighted by molar-refractivity contribution is -0.220. The smallest absolute Gasteiger partial charge is 0.457 e. The van der Waals surface area contributed by atoms with Crippen molar-refractivity contribution in [1.29, 1.82) is 0 Å². The Bertz CT molecular complexity index is 1460. The van der Waals surface area contributed by atoms with Gasteiger partial charge in [-0.25, -0.2) is 4.57 Å². The highest BCUT2D eigenvalue weighted by atomic mass is 31.2. The van der Waals surface area contributed by atoms with Crippen molar-refractivity contribution in [3.05, 3.63) is 72.9 Å². The Morgan fingerprint density at radius 3 is 1.25 bits per heavy atom. The topological polar surface area (TPSA) is 192 Å². The molecule has 0 aromatic heterocycles. The van der Waals surface area contributed by atoms with Crippen LogP contribution in [0.3, 0.4) is 0 Å². The van der Waals surface area contributed by atoms with Crippen molar-refractivity contribution < 1.29 is 58.3 Å². The first-order valence-corrected chi connectivity index (χ1v) is 30.3. The molecule has 12 nitrogen and oxygen atoms in total. The third-order valence-electron chi connectivity index (χ3n) is 13.1. The predicted molar refractivity (Wildman–Crippen MR) is 295 cm³/mol.